The lowest BCUT2D eigenvalue weighted by atomic mass is 9.86. The van der Waals surface area contributed by atoms with Crippen molar-refractivity contribution in [3.05, 3.63) is 54.3 Å². The van der Waals surface area contributed by atoms with Gasteiger partial charge in [0.2, 0.25) is 5.91 Å². The molecule has 6 heteroatoms. The van der Waals surface area contributed by atoms with Crippen molar-refractivity contribution >= 4 is 28.4 Å². The highest BCUT2D eigenvalue weighted by atomic mass is 32.2. The Kier molecular flexibility index (Phi) is 6.32. The lowest BCUT2D eigenvalue weighted by Crippen LogP contribution is -2.44. The number of rotatable bonds is 5. The van der Waals surface area contributed by atoms with E-state index in [9.17, 15) is 9.18 Å². The molecule has 4 rings (SSSR count). The molecule has 4 nitrogen and oxygen atoms in total. The van der Waals surface area contributed by atoms with Crippen molar-refractivity contribution in [2.45, 2.75) is 55.8 Å². The molecule has 1 amide bonds. The summed E-state index contributed by atoms with van der Waals surface area (Å²) < 4.78 is 13.3. The van der Waals surface area contributed by atoms with Gasteiger partial charge in [0.25, 0.3) is 0 Å². The number of hydrogen-bond donors (Lipinski definition) is 1. The lowest BCUT2D eigenvalue weighted by Gasteiger charge is -2.30. The van der Waals surface area contributed by atoms with Crippen molar-refractivity contribution in [2.75, 3.05) is 0 Å². The zero-order chi connectivity index (χ0) is 21.1. The van der Waals surface area contributed by atoms with E-state index in [1.165, 1.54) is 43.2 Å². The van der Waals surface area contributed by atoms with Crippen LogP contribution in [0, 0.1) is 11.7 Å². The first-order valence-electron chi connectivity index (χ1n) is 10.5. The summed E-state index contributed by atoms with van der Waals surface area (Å²) in [6, 6.07) is 14.4. The summed E-state index contributed by atoms with van der Waals surface area (Å²) in [5.41, 5.74) is 1.52. The Morgan fingerprint density at radius 3 is 2.50 bits per heavy atom. The maximum atomic E-state index is 13.3. The Morgan fingerprint density at radius 2 is 1.77 bits per heavy atom. The maximum Gasteiger partial charge on any atom is 0.233 e. The van der Waals surface area contributed by atoms with Gasteiger partial charge >= 0.3 is 0 Å². The van der Waals surface area contributed by atoms with Gasteiger partial charge in [-0.1, -0.05) is 55.8 Å². The van der Waals surface area contributed by atoms with Crippen molar-refractivity contribution in [3.8, 4) is 11.3 Å². The second-order valence-corrected chi connectivity index (χ2v) is 9.37. The first-order valence-corrected chi connectivity index (χ1v) is 11.4. The van der Waals surface area contributed by atoms with Gasteiger partial charge in [0.05, 0.1) is 5.25 Å². The highest BCUT2D eigenvalue weighted by Gasteiger charge is 2.26. The number of carbonyl (C=O) groups is 1. The van der Waals surface area contributed by atoms with Crippen LogP contribution in [-0.2, 0) is 4.79 Å². The first-order chi connectivity index (χ1) is 14.5. The third-order valence-corrected chi connectivity index (χ3v) is 6.96. The number of amides is 1. The largest absolute Gasteiger partial charge is 0.352 e. The summed E-state index contributed by atoms with van der Waals surface area (Å²) in [5.74, 6) is 0.290. The molecule has 156 valence electrons. The van der Waals surface area contributed by atoms with E-state index in [0.717, 1.165) is 27.8 Å². The molecular weight excluding hydrogens is 397 g/mol. The van der Waals surface area contributed by atoms with Crippen LogP contribution in [0.15, 0.2) is 53.6 Å². The summed E-state index contributed by atoms with van der Waals surface area (Å²) in [7, 11) is 0. The van der Waals surface area contributed by atoms with Gasteiger partial charge in [0.1, 0.15) is 16.5 Å². The molecule has 1 heterocycles. The molecule has 1 saturated carbocycles. The van der Waals surface area contributed by atoms with Gasteiger partial charge in [-0.25, -0.2) is 4.39 Å². The van der Waals surface area contributed by atoms with Crippen molar-refractivity contribution < 1.29 is 9.18 Å². The van der Waals surface area contributed by atoms with Crippen molar-refractivity contribution in [1.82, 2.24) is 15.5 Å². The van der Waals surface area contributed by atoms with Crippen molar-refractivity contribution in [3.63, 3.8) is 0 Å². The fourth-order valence-corrected chi connectivity index (χ4v) is 4.94. The fourth-order valence-electron chi connectivity index (χ4n) is 4.04. The number of aromatic nitrogens is 2. The third-order valence-electron chi connectivity index (χ3n) is 5.87. The van der Waals surface area contributed by atoms with E-state index in [1.807, 2.05) is 31.2 Å². The zero-order valence-electron chi connectivity index (χ0n) is 17.3. The predicted molar refractivity (Wildman–Crippen MR) is 120 cm³/mol. The minimum atomic E-state index is -0.282. The Labute approximate surface area is 180 Å². The molecule has 30 heavy (non-hydrogen) atoms. The first kappa shape index (κ1) is 20.8. The molecular formula is C24H26FN3OS. The van der Waals surface area contributed by atoms with E-state index in [0.29, 0.717) is 11.6 Å². The number of hydrogen-bond acceptors (Lipinski definition) is 4. The quantitative estimate of drug-likeness (QED) is 0.542. The van der Waals surface area contributed by atoms with Crippen molar-refractivity contribution in [1.29, 1.82) is 0 Å². The van der Waals surface area contributed by atoms with Crippen LogP contribution in [0.3, 0.4) is 0 Å². The fraction of sp³-hybridized carbons (Fsp3) is 0.375. The number of nitrogens with zero attached hydrogens (tertiary/aromatic N) is 2. The van der Waals surface area contributed by atoms with E-state index < -0.39 is 0 Å². The van der Waals surface area contributed by atoms with Crippen LogP contribution in [0.1, 0.15) is 39.5 Å². The van der Waals surface area contributed by atoms with E-state index in [-0.39, 0.29) is 23.0 Å². The van der Waals surface area contributed by atoms with Crippen LogP contribution >= 0.6 is 11.8 Å². The van der Waals surface area contributed by atoms with Gasteiger partial charge in [-0.2, -0.15) is 0 Å². The van der Waals surface area contributed by atoms with Crippen LogP contribution in [0.5, 0.6) is 0 Å². The van der Waals surface area contributed by atoms with Crippen LogP contribution in [0.4, 0.5) is 4.39 Å². The Bertz CT molecular complexity index is 1040. The molecule has 0 saturated heterocycles. The molecule has 0 aliphatic heterocycles. The molecule has 3 aromatic rings. The van der Waals surface area contributed by atoms with Gasteiger partial charge in [-0.3, -0.25) is 4.79 Å². The monoisotopic (exact) mass is 423 g/mol. The Hall–Kier alpha value is -2.47. The smallest absolute Gasteiger partial charge is 0.233 e. The number of halogens is 1. The van der Waals surface area contributed by atoms with Gasteiger partial charge in [0.15, 0.2) is 0 Å². The average molecular weight is 424 g/mol. The van der Waals surface area contributed by atoms with Crippen molar-refractivity contribution in [2.24, 2.45) is 5.92 Å². The zero-order valence-corrected chi connectivity index (χ0v) is 18.1. The number of benzene rings is 2. The molecule has 2 aromatic carbocycles. The molecule has 1 fully saturated rings. The molecule has 1 N–H and O–H groups in total. The highest BCUT2D eigenvalue weighted by molar-refractivity contribution is 8.00. The van der Waals surface area contributed by atoms with Crippen LogP contribution < -0.4 is 5.32 Å². The Balaban J connectivity index is 1.56. The van der Waals surface area contributed by atoms with E-state index in [2.05, 4.69) is 22.4 Å². The standard InChI is InChI=1S/C24H26FN3OS/c1-15-7-3-6-10-21(15)26-23(29)16(2)30-24-20-9-5-4-8-19(20)22(27-28-24)17-11-13-18(25)14-12-17/h4-5,8-9,11-16,21H,3,6-7,10H2,1-2H3,(H,26,29). The summed E-state index contributed by atoms with van der Waals surface area (Å²) in [6.07, 6.45) is 4.66. The minimum Gasteiger partial charge on any atom is -0.352 e. The van der Waals surface area contributed by atoms with Crippen LogP contribution in [0.25, 0.3) is 22.0 Å². The minimum absolute atomic E-state index is 0.0484. The summed E-state index contributed by atoms with van der Waals surface area (Å²) >= 11 is 1.43. The molecule has 3 unspecified atom stereocenters. The second-order valence-electron chi connectivity index (χ2n) is 8.04. The lowest BCUT2D eigenvalue weighted by molar-refractivity contribution is -0.121. The van der Waals surface area contributed by atoms with E-state index in [1.54, 1.807) is 12.1 Å². The topological polar surface area (TPSA) is 54.9 Å². The molecule has 0 bridgehead atoms. The second kappa shape index (κ2) is 9.13. The van der Waals surface area contributed by atoms with Gasteiger partial charge in [-0.15, -0.1) is 10.2 Å². The summed E-state index contributed by atoms with van der Waals surface area (Å²) in [5, 5.41) is 14.4. The molecule has 1 aliphatic rings. The van der Waals surface area contributed by atoms with Crippen LogP contribution in [-0.4, -0.2) is 27.4 Å². The van der Waals surface area contributed by atoms with Gasteiger partial charge < -0.3 is 5.32 Å². The number of thioether (sulfide) groups is 1. The predicted octanol–water partition coefficient (Wildman–Crippen LogP) is 5.61. The summed E-state index contributed by atoms with van der Waals surface area (Å²) in [4.78, 5) is 12.8. The maximum absolute atomic E-state index is 13.3. The van der Waals surface area contributed by atoms with E-state index >= 15 is 0 Å². The number of carbonyl (C=O) groups excluding carboxylic acids is 1. The normalized spacial score (nSPS) is 20.1. The molecule has 0 spiro atoms. The third kappa shape index (κ3) is 4.48. The Morgan fingerprint density at radius 1 is 1.07 bits per heavy atom. The SMILES string of the molecule is CC(Sc1nnc(-c2ccc(F)cc2)c2ccccc12)C(=O)NC1CCCCC1C. The average Bonchev–Trinajstić information content (AvgIpc) is 2.76. The van der Waals surface area contributed by atoms with Crippen LogP contribution in [0.2, 0.25) is 0 Å². The molecule has 3 atom stereocenters. The number of nitrogens with one attached hydrogen (secondary N) is 1. The molecule has 1 aromatic heterocycles. The highest BCUT2D eigenvalue weighted by Crippen LogP contribution is 2.33. The summed E-state index contributed by atoms with van der Waals surface area (Å²) in [6.45, 7) is 4.13. The molecule has 0 radical (unpaired) electrons. The van der Waals surface area contributed by atoms with Gasteiger partial charge in [0, 0.05) is 22.4 Å². The number of fused-ring (bicyclic) bond motifs is 1. The molecule has 1 aliphatic carbocycles. The van der Waals surface area contributed by atoms with Gasteiger partial charge in [-0.05, 0) is 49.9 Å². The van der Waals surface area contributed by atoms with E-state index in [4.69, 9.17) is 0 Å².